The fraction of sp³-hybridized carbons (Fsp3) is 0.375. The van der Waals surface area contributed by atoms with E-state index in [9.17, 15) is 9.59 Å². The van der Waals surface area contributed by atoms with E-state index in [0.29, 0.717) is 19.4 Å². The van der Waals surface area contributed by atoms with Gasteiger partial charge in [-0.2, -0.15) is 0 Å². The highest BCUT2D eigenvalue weighted by molar-refractivity contribution is 9.10. The van der Waals surface area contributed by atoms with Crippen LogP contribution >= 0.6 is 15.9 Å². The Morgan fingerprint density at radius 1 is 1.27 bits per heavy atom. The topological polar surface area (TPSA) is 71.3 Å². The molecular formula is C16H19BrN2O3. The van der Waals surface area contributed by atoms with Crippen LogP contribution in [0.15, 0.2) is 28.7 Å². The second kappa shape index (κ2) is 7.45. The van der Waals surface area contributed by atoms with Gasteiger partial charge < -0.3 is 15.0 Å². The second-order valence-corrected chi connectivity index (χ2v) is 6.00. The zero-order chi connectivity index (χ0) is 16.1. The fourth-order valence-electron chi connectivity index (χ4n) is 2.42. The van der Waals surface area contributed by atoms with Crippen molar-refractivity contribution in [3.8, 4) is 0 Å². The molecule has 0 radical (unpaired) electrons. The van der Waals surface area contributed by atoms with Crippen LogP contribution in [0.5, 0.6) is 0 Å². The molecule has 1 aromatic heterocycles. The number of carbonyl (C=O) groups is 2. The Labute approximate surface area is 137 Å². The van der Waals surface area contributed by atoms with Crippen molar-refractivity contribution in [3.63, 3.8) is 0 Å². The number of nitrogens with zero attached hydrogens (tertiary/aromatic N) is 1. The number of rotatable bonds is 7. The number of aliphatic carboxylic acids is 1. The van der Waals surface area contributed by atoms with E-state index < -0.39 is 5.97 Å². The van der Waals surface area contributed by atoms with Crippen molar-refractivity contribution in [2.75, 3.05) is 6.54 Å². The molecule has 1 amide bonds. The molecule has 0 fully saturated rings. The molecule has 0 spiro atoms. The standard InChI is InChI=1S/C16H19BrN2O3/c1-11-16(17)12-6-2-3-7-13(12)19(11)10-14(20)18-9-5-4-8-15(21)22/h2-3,6-7H,4-5,8-10H2,1H3,(H,18,20)(H,21,22). The number of carboxylic acid groups (broad SMARTS) is 1. The lowest BCUT2D eigenvalue weighted by atomic mass is 10.2. The minimum Gasteiger partial charge on any atom is -0.481 e. The normalized spacial score (nSPS) is 10.8. The van der Waals surface area contributed by atoms with E-state index in [4.69, 9.17) is 5.11 Å². The Morgan fingerprint density at radius 3 is 2.73 bits per heavy atom. The summed E-state index contributed by atoms with van der Waals surface area (Å²) in [5, 5.41) is 12.5. The maximum Gasteiger partial charge on any atom is 0.303 e. The maximum absolute atomic E-state index is 12.1. The van der Waals surface area contributed by atoms with Crippen molar-refractivity contribution < 1.29 is 14.7 Å². The van der Waals surface area contributed by atoms with Gasteiger partial charge in [0.25, 0.3) is 0 Å². The molecule has 0 saturated heterocycles. The number of nitrogens with one attached hydrogen (secondary N) is 1. The van der Waals surface area contributed by atoms with E-state index in [1.807, 2.05) is 35.8 Å². The molecule has 2 rings (SSSR count). The van der Waals surface area contributed by atoms with Gasteiger partial charge in [-0.15, -0.1) is 0 Å². The van der Waals surface area contributed by atoms with Crippen LogP contribution in [0.25, 0.3) is 10.9 Å². The van der Waals surface area contributed by atoms with E-state index in [2.05, 4.69) is 21.2 Å². The van der Waals surface area contributed by atoms with Crippen LogP contribution in [0.1, 0.15) is 25.0 Å². The number of carboxylic acids is 1. The van der Waals surface area contributed by atoms with Crippen LogP contribution in [0.2, 0.25) is 0 Å². The van der Waals surface area contributed by atoms with E-state index in [0.717, 1.165) is 21.1 Å². The lowest BCUT2D eigenvalue weighted by molar-refractivity contribution is -0.137. The number of carbonyl (C=O) groups excluding carboxylic acids is 1. The average Bonchev–Trinajstić information content (AvgIpc) is 2.72. The minimum atomic E-state index is -0.800. The monoisotopic (exact) mass is 366 g/mol. The molecule has 2 N–H and O–H groups in total. The molecule has 6 heteroatoms. The lowest BCUT2D eigenvalue weighted by Crippen LogP contribution is -2.28. The first kappa shape index (κ1) is 16.5. The van der Waals surface area contributed by atoms with Gasteiger partial charge in [-0.3, -0.25) is 9.59 Å². The quantitative estimate of drug-likeness (QED) is 0.739. The van der Waals surface area contributed by atoms with Gasteiger partial charge in [-0.1, -0.05) is 18.2 Å². The smallest absolute Gasteiger partial charge is 0.303 e. The highest BCUT2D eigenvalue weighted by Crippen LogP contribution is 2.30. The third-order valence-electron chi connectivity index (χ3n) is 3.60. The predicted molar refractivity (Wildman–Crippen MR) is 88.9 cm³/mol. The van der Waals surface area contributed by atoms with Crippen molar-refractivity contribution in [1.82, 2.24) is 9.88 Å². The number of benzene rings is 1. The molecule has 0 aliphatic heterocycles. The molecule has 0 unspecified atom stereocenters. The van der Waals surface area contributed by atoms with Crippen LogP contribution < -0.4 is 5.32 Å². The van der Waals surface area contributed by atoms with Gasteiger partial charge in [0.1, 0.15) is 6.54 Å². The van der Waals surface area contributed by atoms with Gasteiger partial charge in [0.15, 0.2) is 0 Å². The summed E-state index contributed by atoms with van der Waals surface area (Å²) in [6.45, 7) is 2.74. The summed E-state index contributed by atoms with van der Waals surface area (Å²) in [6.07, 6.45) is 1.39. The Kier molecular flexibility index (Phi) is 5.60. The molecular weight excluding hydrogens is 348 g/mol. The van der Waals surface area contributed by atoms with Gasteiger partial charge in [-0.05, 0) is 41.8 Å². The second-order valence-electron chi connectivity index (χ2n) is 5.20. The van der Waals surface area contributed by atoms with Crippen LogP contribution in [0.3, 0.4) is 0 Å². The summed E-state index contributed by atoms with van der Waals surface area (Å²) < 4.78 is 2.99. The van der Waals surface area contributed by atoms with Crippen LogP contribution in [0, 0.1) is 6.92 Å². The van der Waals surface area contributed by atoms with Gasteiger partial charge in [-0.25, -0.2) is 0 Å². The third kappa shape index (κ3) is 3.88. The van der Waals surface area contributed by atoms with E-state index in [1.54, 1.807) is 0 Å². The number of unbranched alkanes of at least 4 members (excludes halogenated alkanes) is 1. The zero-order valence-electron chi connectivity index (χ0n) is 12.4. The van der Waals surface area contributed by atoms with E-state index in [1.165, 1.54) is 0 Å². The molecule has 1 aromatic carbocycles. The molecule has 0 bridgehead atoms. The molecule has 5 nitrogen and oxygen atoms in total. The van der Waals surface area contributed by atoms with Crippen molar-refractivity contribution in [1.29, 1.82) is 0 Å². The van der Waals surface area contributed by atoms with Crippen molar-refractivity contribution in [2.45, 2.75) is 32.7 Å². The number of aromatic nitrogens is 1. The summed E-state index contributed by atoms with van der Waals surface area (Å²) in [5.74, 6) is -0.864. The molecule has 2 aromatic rings. The Balaban J connectivity index is 1.95. The first-order chi connectivity index (χ1) is 10.5. The highest BCUT2D eigenvalue weighted by Gasteiger charge is 2.13. The summed E-state index contributed by atoms with van der Waals surface area (Å²) in [6, 6.07) is 7.94. The first-order valence-corrected chi connectivity index (χ1v) is 8.02. The van der Waals surface area contributed by atoms with Crippen molar-refractivity contribution in [2.24, 2.45) is 0 Å². The summed E-state index contributed by atoms with van der Waals surface area (Å²) in [5.41, 5.74) is 2.04. The molecule has 0 aliphatic rings. The highest BCUT2D eigenvalue weighted by atomic mass is 79.9. The fourth-order valence-corrected chi connectivity index (χ4v) is 2.97. The van der Waals surface area contributed by atoms with Crippen molar-refractivity contribution in [3.05, 3.63) is 34.4 Å². The molecule has 22 heavy (non-hydrogen) atoms. The Morgan fingerprint density at radius 2 is 2.00 bits per heavy atom. The van der Waals surface area contributed by atoms with E-state index in [-0.39, 0.29) is 18.9 Å². The zero-order valence-corrected chi connectivity index (χ0v) is 14.0. The van der Waals surface area contributed by atoms with E-state index >= 15 is 0 Å². The SMILES string of the molecule is Cc1c(Br)c2ccccc2n1CC(=O)NCCCCC(=O)O. The van der Waals surface area contributed by atoms with Gasteiger partial charge in [0.05, 0.1) is 0 Å². The predicted octanol–water partition coefficient (Wildman–Crippen LogP) is 3.08. The third-order valence-corrected chi connectivity index (χ3v) is 4.60. The molecule has 0 atom stereocenters. The summed E-state index contributed by atoms with van der Waals surface area (Å²) in [4.78, 5) is 22.5. The van der Waals surface area contributed by atoms with Gasteiger partial charge >= 0.3 is 5.97 Å². The summed E-state index contributed by atoms with van der Waals surface area (Å²) >= 11 is 3.57. The van der Waals surface area contributed by atoms with Gasteiger partial charge in [0, 0.05) is 34.0 Å². The number of fused-ring (bicyclic) bond motifs is 1. The van der Waals surface area contributed by atoms with Gasteiger partial charge in [0.2, 0.25) is 5.91 Å². The number of amides is 1. The molecule has 118 valence electrons. The van der Waals surface area contributed by atoms with Crippen LogP contribution in [-0.4, -0.2) is 28.1 Å². The first-order valence-electron chi connectivity index (χ1n) is 7.22. The molecule has 0 saturated carbocycles. The summed E-state index contributed by atoms with van der Waals surface area (Å²) in [7, 11) is 0. The Bertz CT molecular complexity index is 694. The number of para-hydroxylation sites is 1. The largest absolute Gasteiger partial charge is 0.481 e. The average molecular weight is 367 g/mol. The molecule has 1 heterocycles. The number of hydrogen-bond donors (Lipinski definition) is 2. The number of halogens is 1. The lowest BCUT2D eigenvalue weighted by Gasteiger charge is -2.09. The Hall–Kier alpha value is -1.82. The minimum absolute atomic E-state index is 0.0633. The van der Waals surface area contributed by atoms with Crippen LogP contribution in [0.4, 0.5) is 0 Å². The van der Waals surface area contributed by atoms with Crippen LogP contribution in [-0.2, 0) is 16.1 Å². The van der Waals surface area contributed by atoms with Crippen molar-refractivity contribution >= 4 is 38.7 Å². The molecule has 0 aliphatic carbocycles. The maximum atomic E-state index is 12.1. The number of hydrogen-bond acceptors (Lipinski definition) is 2.